The van der Waals surface area contributed by atoms with Crippen molar-refractivity contribution in [3.05, 3.63) is 72.1 Å². The van der Waals surface area contributed by atoms with E-state index in [0.29, 0.717) is 11.6 Å². The Morgan fingerprint density at radius 1 is 1.15 bits per heavy atom. The van der Waals surface area contributed by atoms with Crippen LogP contribution in [-0.4, -0.2) is 35.4 Å². The second-order valence-electron chi connectivity index (χ2n) is 5.77. The van der Waals surface area contributed by atoms with Gasteiger partial charge in [-0.2, -0.15) is 0 Å². The van der Waals surface area contributed by atoms with Crippen LogP contribution >= 0.6 is 0 Å². The van der Waals surface area contributed by atoms with Gasteiger partial charge in [0.25, 0.3) is 15.9 Å². The van der Waals surface area contributed by atoms with Gasteiger partial charge in [0, 0.05) is 24.8 Å². The molecule has 0 saturated carbocycles. The highest BCUT2D eigenvalue weighted by atomic mass is 32.2. The topological polar surface area (TPSA) is 103 Å². The van der Waals surface area contributed by atoms with Crippen molar-refractivity contribution in [1.29, 1.82) is 0 Å². The molecule has 0 radical (unpaired) electrons. The lowest BCUT2D eigenvalue weighted by Crippen LogP contribution is -2.23. The Hall–Kier alpha value is -3.20. The molecule has 1 N–H and O–H groups in total. The fourth-order valence-corrected chi connectivity index (χ4v) is 3.50. The van der Waals surface area contributed by atoms with Crippen LogP contribution in [0.4, 0.5) is 0 Å². The Balaban J connectivity index is 1.72. The standard InChI is InChI=1S/C18H18N4O4S/c1-13-9-19-17(20-10-13)11-21-18(23)14-7-8-22(12-14)27(24,25)16-5-3-15(26-2)4-6-16/h3-10,12H,11H2,1-2H3,(H,21,23). The maximum atomic E-state index is 12.7. The molecule has 27 heavy (non-hydrogen) atoms. The number of hydrogen-bond donors (Lipinski definition) is 1. The summed E-state index contributed by atoms with van der Waals surface area (Å²) in [6.07, 6.45) is 5.92. The minimum absolute atomic E-state index is 0.0962. The van der Waals surface area contributed by atoms with Gasteiger partial charge in [-0.25, -0.2) is 22.4 Å². The lowest BCUT2D eigenvalue weighted by molar-refractivity contribution is 0.0950. The zero-order valence-electron chi connectivity index (χ0n) is 14.8. The van der Waals surface area contributed by atoms with E-state index in [0.717, 1.165) is 9.54 Å². The lowest BCUT2D eigenvalue weighted by Gasteiger charge is -2.06. The van der Waals surface area contributed by atoms with Crippen molar-refractivity contribution >= 4 is 15.9 Å². The molecule has 140 valence electrons. The van der Waals surface area contributed by atoms with Crippen LogP contribution in [-0.2, 0) is 16.6 Å². The highest BCUT2D eigenvalue weighted by Crippen LogP contribution is 2.19. The van der Waals surface area contributed by atoms with E-state index in [1.807, 2.05) is 6.92 Å². The molecule has 3 aromatic rings. The number of carbonyl (C=O) groups is 1. The number of nitrogens with zero attached hydrogens (tertiary/aromatic N) is 3. The number of ether oxygens (including phenoxy) is 1. The van der Waals surface area contributed by atoms with Crippen molar-refractivity contribution in [2.75, 3.05) is 7.11 Å². The molecule has 2 heterocycles. The number of nitrogens with one attached hydrogen (secondary N) is 1. The van der Waals surface area contributed by atoms with Gasteiger partial charge in [0.2, 0.25) is 0 Å². The highest BCUT2D eigenvalue weighted by molar-refractivity contribution is 7.90. The molecule has 8 nitrogen and oxygen atoms in total. The van der Waals surface area contributed by atoms with Crippen LogP contribution in [0.1, 0.15) is 21.7 Å². The van der Waals surface area contributed by atoms with Crippen LogP contribution in [0.5, 0.6) is 5.75 Å². The molecular weight excluding hydrogens is 368 g/mol. The molecule has 0 fully saturated rings. The fourth-order valence-electron chi connectivity index (χ4n) is 2.30. The van der Waals surface area contributed by atoms with Crippen LogP contribution in [0.15, 0.2) is 60.0 Å². The molecule has 0 atom stereocenters. The molecular formula is C18H18N4O4S. The fraction of sp³-hybridized carbons (Fsp3) is 0.167. The average molecular weight is 386 g/mol. The number of aryl methyl sites for hydroxylation is 1. The van der Waals surface area contributed by atoms with Crippen molar-refractivity contribution in [2.24, 2.45) is 0 Å². The summed E-state index contributed by atoms with van der Waals surface area (Å²) in [5.74, 6) is 0.613. The first-order valence-electron chi connectivity index (χ1n) is 8.03. The number of hydrogen-bond acceptors (Lipinski definition) is 6. The first kappa shape index (κ1) is 18.6. The SMILES string of the molecule is COc1ccc(S(=O)(=O)n2ccc(C(=O)NCc3ncc(C)cn3)c2)cc1. The monoisotopic (exact) mass is 386 g/mol. The van der Waals surface area contributed by atoms with Crippen molar-refractivity contribution in [1.82, 2.24) is 19.3 Å². The highest BCUT2D eigenvalue weighted by Gasteiger charge is 2.18. The summed E-state index contributed by atoms with van der Waals surface area (Å²) in [5, 5.41) is 2.67. The van der Waals surface area contributed by atoms with E-state index in [9.17, 15) is 13.2 Å². The molecule has 0 saturated heterocycles. The minimum atomic E-state index is -3.79. The molecule has 2 aromatic heterocycles. The predicted octanol–water partition coefficient (Wildman–Crippen LogP) is 1.76. The van der Waals surface area contributed by atoms with E-state index in [4.69, 9.17) is 4.74 Å². The predicted molar refractivity (Wildman–Crippen MR) is 97.9 cm³/mol. The number of rotatable bonds is 6. The number of benzene rings is 1. The Morgan fingerprint density at radius 2 is 1.81 bits per heavy atom. The number of methoxy groups -OCH3 is 1. The second-order valence-corrected chi connectivity index (χ2v) is 7.61. The summed E-state index contributed by atoms with van der Waals surface area (Å²) >= 11 is 0. The van der Waals surface area contributed by atoms with Crippen LogP contribution in [0.2, 0.25) is 0 Å². The Bertz CT molecular complexity index is 1040. The zero-order chi connectivity index (χ0) is 19.4. The normalized spacial score (nSPS) is 11.2. The van der Waals surface area contributed by atoms with Gasteiger partial charge in [-0.3, -0.25) is 4.79 Å². The number of carbonyl (C=O) groups excluding carboxylic acids is 1. The van der Waals surface area contributed by atoms with E-state index in [1.165, 1.54) is 37.7 Å². The largest absolute Gasteiger partial charge is 0.497 e. The lowest BCUT2D eigenvalue weighted by atomic mass is 10.3. The van der Waals surface area contributed by atoms with Gasteiger partial charge in [0.15, 0.2) is 0 Å². The molecule has 0 aliphatic rings. The summed E-state index contributed by atoms with van der Waals surface area (Å²) < 4.78 is 31.3. The summed E-state index contributed by atoms with van der Waals surface area (Å²) in [7, 11) is -2.29. The van der Waals surface area contributed by atoms with Crippen LogP contribution < -0.4 is 10.1 Å². The second kappa shape index (κ2) is 7.58. The van der Waals surface area contributed by atoms with Gasteiger partial charge in [-0.15, -0.1) is 0 Å². The van der Waals surface area contributed by atoms with Gasteiger partial charge in [0.1, 0.15) is 11.6 Å². The van der Waals surface area contributed by atoms with Crippen molar-refractivity contribution in [3.63, 3.8) is 0 Å². The Kier molecular flexibility index (Phi) is 5.22. The molecule has 0 bridgehead atoms. The zero-order valence-corrected chi connectivity index (χ0v) is 15.6. The third-order valence-corrected chi connectivity index (χ3v) is 5.46. The Labute approximate surface area is 156 Å². The summed E-state index contributed by atoms with van der Waals surface area (Å²) in [6.45, 7) is 2.02. The third-order valence-electron chi connectivity index (χ3n) is 3.81. The van der Waals surface area contributed by atoms with Crippen LogP contribution in [0.3, 0.4) is 0 Å². The molecule has 0 aliphatic carbocycles. The summed E-state index contributed by atoms with van der Waals surface area (Å²) in [5.41, 5.74) is 1.14. The number of aromatic nitrogens is 3. The number of amides is 1. The maximum absolute atomic E-state index is 12.7. The van der Waals surface area contributed by atoms with Crippen molar-refractivity contribution in [2.45, 2.75) is 18.4 Å². The van der Waals surface area contributed by atoms with Gasteiger partial charge in [-0.05, 0) is 42.8 Å². The van der Waals surface area contributed by atoms with Gasteiger partial charge in [-0.1, -0.05) is 0 Å². The quantitative estimate of drug-likeness (QED) is 0.692. The average Bonchev–Trinajstić information content (AvgIpc) is 3.18. The molecule has 0 spiro atoms. The van der Waals surface area contributed by atoms with E-state index in [-0.39, 0.29) is 17.0 Å². The van der Waals surface area contributed by atoms with E-state index >= 15 is 0 Å². The van der Waals surface area contributed by atoms with Gasteiger partial charge < -0.3 is 10.1 Å². The van der Waals surface area contributed by atoms with E-state index in [1.54, 1.807) is 24.5 Å². The molecule has 1 amide bonds. The first-order valence-corrected chi connectivity index (χ1v) is 9.47. The molecule has 1 aromatic carbocycles. The minimum Gasteiger partial charge on any atom is -0.497 e. The molecule has 9 heteroatoms. The van der Waals surface area contributed by atoms with E-state index in [2.05, 4.69) is 15.3 Å². The van der Waals surface area contributed by atoms with Gasteiger partial charge in [0.05, 0.1) is 24.1 Å². The van der Waals surface area contributed by atoms with Gasteiger partial charge >= 0.3 is 0 Å². The van der Waals surface area contributed by atoms with Crippen molar-refractivity contribution in [3.8, 4) is 5.75 Å². The first-order chi connectivity index (χ1) is 12.9. The summed E-state index contributed by atoms with van der Waals surface area (Å²) in [4.78, 5) is 20.6. The van der Waals surface area contributed by atoms with Crippen LogP contribution in [0, 0.1) is 6.92 Å². The Morgan fingerprint density at radius 3 is 2.44 bits per heavy atom. The maximum Gasteiger partial charge on any atom is 0.267 e. The molecule has 3 rings (SSSR count). The smallest absolute Gasteiger partial charge is 0.267 e. The molecule has 0 unspecified atom stereocenters. The van der Waals surface area contributed by atoms with E-state index < -0.39 is 15.9 Å². The summed E-state index contributed by atoms with van der Waals surface area (Å²) in [6, 6.07) is 7.45. The molecule has 0 aliphatic heterocycles. The van der Waals surface area contributed by atoms with Crippen LogP contribution in [0.25, 0.3) is 0 Å². The third kappa shape index (κ3) is 4.14. The van der Waals surface area contributed by atoms with Crippen molar-refractivity contribution < 1.29 is 17.9 Å².